The van der Waals surface area contributed by atoms with Gasteiger partial charge in [-0.3, -0.25) is 9.47 Å². The fourth-order valence-corrected chi connectivity index (χ4v) is 4.56. The molecule has 0 unspecified atom stereocenters. The second kappa shape index (κ2) is 9.93. The number of fused-ring (bicyclic) bond motifs is 1. The summed E-state index contributed by atoms with van der Waals surface area (Å²) in [5, 5.41) is 7.67. The van der Waals surface area contributed by atoms with E-state index in [1.807, 2.05) is 6.07 Å². The molecule has 1 aliphatic heterocycles. The molecule has 4 heterocycles. The third-order valence-electron chi connectivity index (χ3n) is 6.08. The molecule has 1 aliphatic rings. The molecule has 4 aromatic rings. The molecule has 0 N–H and O–H groups in total. The number of rotatable bonds is 6. The van der Waals surface area contributed by atoms with Gasteiger partial charge in [-0.05, 0) is 70.7 Å². The molecular formula is C24H20BrF5N6O. The van der Waals surface area contributed by atoms with E-state index in [9.17, 15) is 22.0 Å². The van der Waals surface area contributed by atoms with Crippen molar-refractivity contribution in [1.82, 2.24) is 29.6 Å². The summed E-state index contributed by atoms with van der Waals surface area (Å²) in [5.41, 5.74) is 0.925. The Bertz CT molecular complexity index is 1370. The van der Waals surface area contributed by atoms with Crippen LogP contribution in [0.4, 0.5) is 22.0 Å². The normalized spacial score (nSPS) is 15.8. The first-order valence-electron chi connectivity index (χ1n) is 11.4. The zero-order valence-electron chi connectivity index (χ0n) is 19.2. The SMILES string of the molecule is FC(F)(F)C(F)(F)c1nc2cc(Br)cnc2n1-c1ccc(OC2CCN(Cc3ccnnc3)CC2)cc1. The van der Waals surface area contributed by atoms with Crippen LogP contribution >= 0.6 is 15.9 Å². The van der Waals surface area contributed by atoms with Gasteiger partial charge in [0.05, 0.1) is 6.20 Å². The quantitative estimate of drug-likeness (QED) is 0.273. The van der Waals surface area contributed by atoms with Crippen molar-refractivity contribution in [2.24, 2.45) is 0 Å². The largest absolute Gasteiger partial charge is 0.490 e. The Morgan fingerprint density at radius 1 is 0.973 bits per heavy atom. The minimum Gasteiger partial charge on any atom is -0.490 e. The molecule has 1 fully saturated rings. The van der Waals surface area contributed by atoms with Crippen LogP contribution in [-0.4, -0.2) is 55.0 Å². The van der Waals surface area contributed by atoms with Gasteiger partial charge in [-0.2, -0.15) is 32.1 Å². The zero-order valence-corrected chi connectivity index (χ0v) is 20.8. The standard InChI is InChI=1S/C24H20BrF5N6O/c25-16-11-20-21(31-13-16)36(22(34-20)23(26,27)24(28,29)30)17-1-3-18(4-2-17)37-19-6-9-35(10-7-19)14-15-5-8-32-33-12-15/h1-5,8,11-13,19H,6-7,9-10,14H2. The summed E-state index contributed by atoms with van der Waals surface area (Å²) < 4.78 is 75.7. The van der Waals surface area contributed by atoms with Gasteiger partial charge in [-0.25, -0.2) is 9.97 Å². The van der Waals surface area contributed by atoms with E-state index in [0.717, 1.165) is 42.6 Å². The van der Waals surface area contributed by atoms with Crippen molar-refractivity contribution < 1.29 is 26.7 Å². The molecule has 1 saturated heterocycles. The Balaban J connectivity index is 1.33. The Labute approximate surface area is 216 Å². The van der Waals surface area contributed by atoms with Crippen molar-refractivity contribution in [3.05, 3.63) is 70.8 Å². The second-order valence-electron chi connectivity index (χ2n) is 8.68. The van der Waals surface area contributed by atoms with E-state index >= 15 is 0 Å². The number of piperidine rings is 1. The lowest BCUT2D eigenvalue weighted by atomic mass is 10.1. The highest BCUT2D eigenvalue weighted by Gasteiger charge is 2.62. The van der Waals surface area contributed by atoms with Gasteiger partial charge in [0.1, 0.15) is 17.4 Å². The maximum absolute atomic E-state index is 14.4. The molecule has 0 aliphatic carbocycles. The Kier molecular flexibility index (Phi) is 6.84. The van der Waals surface area contributed by atoms with Gasteiger partial charge in [0.15, 0.2) is 11.5 Å². The highest BCUT2D eigenvalue weighted by Crippen LogP contribution is 2.45. The molecule has 194 valence electrons. The lowest BCUT2D eigenvalue weighted by Crippen LogP contribution is -2.37. The predicted molar refractivity (Wildman–Crippen MR) is 127 cm³/mol. The number of hydrogen-bond donors (Lipinski definition) is 0. The molecule has 7 nitrogen and oxygen atoms in total. The minimum atomic E-state index is -5.82. The highest BCUT2D eigenvalue weighted by atomic mass is 79.9. The summed E-state index contributed by atoms with van der Waals surface area (Å²) in [4.78, 5) is 9.92. The predicted octanol–water partition coefficient (Wildman–Crippen LogP) is 5.67. The van der Waals surface area contributed by atoms with Crippen LogP contribution < -0.4 is 4.74 Å². The number of alkyl halides is 5. The summed E-state index contributed by atoms with van der Waals surface area (Å²) in [6.45, 7) is 2.41. The van der Waals surface area contributed by atoms with Crippen LogP contribution in [0.3, 0.4) is 0 Å². The van der Waals surface area contributed by atoms with Gasteiger partial charge in [0.25, 0.3) is 0 Å². The first kappa shape index (κ1) is 25.5. The van der Waals surface area contributed by atoms with Crippen molar-refractivity contribution >= 4 is 27.1 Å². The molecule has 0 atom stereocenters. The first-order valence-corrected chi connectivity index (χ1v) is 12.1. The molecule has 13 heteroatoms. The van der Waals surface area contributed by atoms with Gasteiger partial charge in [0, 0.05) is 42.2 Å². The van der Waals surface area contributed by atoms with E-state index in [1.54, 1.807) is 24.5 Å². The number of aromatic nitrogens is 5. The van der Waals surface area contributed by atoms with E-state index in [2.05, 4.69) is 41.0 Å². The van der Waals surface area contributed by atoms with E-state index in [4.69, 9.17) is 4.74 Å². The van der Waals surface area contributed by atoms with Gasteiger partial charge < -0.3 is 4.74 Å². The van der Waals surface area contributed by atoms with Crippen LogP contribution in [0.1, 0.15) is 24.2 Å². The number of ether oxygens (including phenoxy) is 1. The number of nitrogens with zero attached hydrogens (tertiary/aromatic N) is 6. The van der Waals surface area contributed by atoms with Crippen molar-refractivity contribution in [1.29, 1.82) is 0 Å². The monoisotopic (exact) mass is 582 g/mol. The highest BCUT2D eigenvalue weighted by molar-refractivity contribution is 9.10. The fourth-order valence-electron chi connectivity index (χ4n) is 4.24. The number of benzene rings is 1. The number of pyridine rings is 1. The molecule has 5 rings (SSSR count). The van der Waals surface area contributed by atoms with E-state index in [0.29, 0.717) is 10.2 Å². The van der Waals surface area contributed by atoms with Crippen LogP contribution in [0, 0.1) is 0 Å². The van der Waals surface area contributed by atoms with Gasteiger partial charge in [0.2, 0.25) is 0 Å². The summed E-state index contributed by atoms with van der Waals surface area (Å²) >= 11 is 3.14. The topological polar surface area (TPSA) is 69.0 Å². The molecule has 0 spiro atoms. The van der Waals surface area contributed by atoms with Gasteiger partial charge in [-0.1, -0.05) is 0 Å². The van der Waals surface area contributed by atoms with Crippen molar-refractivity contribution in [2.45, 2.75) is 37.6 Å². The van der Waals surface area contributed by atoms with E-state index in [1.165, 1.54) is 24.4 Å². The van der Waals surface area contributed by atoms with Crippen molar-refractivity contribution in [3.8, 4) is 11.4 Å². The van der Waals surface area contributed by atoms with Gasteiger partial charge >= 0.3 is 12.1 Å². The number of halogens is 6. The molecule has 0 bridgehead atoms. The molecule has 37 heavy (non-hydrogen) atoms. The maximum Gasteiger partial charge on any atom is 0.461 e. The fraction of sp³-hybridized carbons (Fsp3) is 0.333. The van der Waals surface area contributed by atoms with Gasteiger partial charge in [-0.15, -0.1) is 0 Å². The van der Waals surface area contributed by atoms with Crippen LogP contribution in [0.2, 0.25) is 0 Å². The Morgan fingerprint density at radius 3 is 2.35 bits per heavy atom. The third kappa shape index (κ3) is 5.28. The summed E-state index contributed by atoms with van der Waals surface area (Å²) in [6.07, 6.45) is 0.401. The molecular weight excluding hydrogens is 563 g/mol. The molecule has 0 saturated carbocycles. The molecule has 0 radical (unpaired) electrons. The summed E-state index contributed by atoms with van der Waals surface area (Å²) in [7, 11) is 0. The Hall–Kier alpha value is -3.19. The van der Waals surface area contributed by atoms with Crippen LogP contribution in [0.15, 0.2) is 59.5 Å². The minimum absolute atomic E-state index is 0.0455. The second-order valence-corrected chi connectivity index (χ2v) is 9.59. The number of hydrogen-bond acceptors (Lipinski definition) is 6. The third-order valence-corrected chi connectivity index (χ3v) is 6.52. The lowest BCUT2D eigenvalue weighted by molar-refractivity contribution is -0.292. The van der Waals surface area contributed by atoms with Crippen LogP contribution in [0.5, 0.6) is 5.75 Å². The number of likely N-dealkylation sites (tertiary alicyclic amines) is 1. The molecule has 0 amide bonds. The number of imidazole rings is 1. The van der Waals surface area contributed by atoms with Crippen LogP contribution in [0.25, 0.3) is 16.9 Å². The van der Waals surface area contributed by atoms with E-state index < -0.39 is 17.9 Å². The molecule has 1 aromatic carbocycles. The van der Waals surface area contributed by atoms with Crippen molar-refractivity contribution in [2.75, 3.05) is 13.1 Å². The van der Waals surface area contributed by atoms with Crippen molar-refractivity contribution in [3.63, 3.8) is 0 Å². The molecule has 3 aromatic heterocycles. The van der Waals surface area contributed by atoms with Crippen LogP contribution in [-0.2, 0) is 12.5 Å². The van der Waals surface area contributed by atoms with E-state index in [-0.39, 0.29) is 23.0 Å². The smallest absolute Gasteiger partial charge is 0.461 e. The lowest BCUT2D eigenvalue weighted by Gasteiger charge is -2.32. The zero-order chi connectivity index (χ0) is 26.2. The summed E-state index contributed by atoms with van der Waals surface area (Å²) in [5.74, 6) is -6.15. The first-order chi connectivity index (χ1) is 17.6. The average Bonchev–Trinajstić information content (AvgIpc) is 3.25. The summed E-state index contributed by atoms with van der Waals surface area (Å²) in [6, 6.07) is 9.19. The maximum atomic E-state index is 14.4. The average molecular weight is 583 g/mol. The Morgan fingerprint density at radius 2 is 1.70 bits per heavy atom.